The molecule has 1 aromatic heterocycles. The highest BCUT2D eigenvalue weighted by Gasteiger charge is 2.10. The van der Waals surface area contributed by atoms with Crippen LogP contribution >= 0.6 is 0 Å². The Hall–Kier alpha value is -2.57. The monoisotopic (exact) mass is 294 g/mol. The number of hydrogen-bond acceptors (Lipinski definition) is 3. The SMILES string of the molecule is CCn1c2ccccc2c2cc(CN=C3NNNN3)ccc21. The molecule has 6 nitrogen and oxygen atoms in total. The second-order valence-corrected chi connectivity index (χ2v) is 5.28. The van der Waals surface area contributed by atoms with Crippen LogP contribution in [-0.2, 0) is 13.1 Å². The molecular formula is C16H18N6. The molecule has 2 aromatic carbocycles. The number of aliphatic imine (C=N–C) groups is 1. The number of aromatic nitrogens is 1. The Labute approximate surface area is 128 Å². The zero-order valence-electron chi connectivity index (χ0n) is 12.4. The number of benzene rings is 2. The molecule has 1 fully saturated rings. The van der Waals surface area contributed by atoms with Gasteiger partial charge in [-0.15, -0.1) is 0 Å². The second-order valence-electron chi connectivity index (χ2n) is 5.28. The summed E-state index contributed by atoms with van der Waals surface area (Å²) >= 11 is 0. The second kappa shape index (κ2) is 5.32. The standard InChI is InChI=1S/C16H18N6/c1-2-22-14-6-4-3-5-12(14)13-9-11(7-8-15(13)22)10-17-16-18-20-21-19-16/h3-9,20-21H,2,10H2,1H3,(H2,17,18,19). The predicted molar refractivity (Wildman–Crippen MR) is 88.8 cm³/mol. The van der Waals surface area contributed by atoms with E-state index in [0.29, 0.717) is 12.5 Å². The van der Waals surface area contributed by atoms with Crippen LogP contribution in [0.1, 0.15) is 12.5 Å². The summed E-state index contributed by atoms with van der Waals surface area (Å²) in [5.41, 5.74) is 15.0. The van der Waals surface area contributed by atoms with Gasteiger partial charge in [0, 0.05) is 28.4 Å². The van der Waals surface area contributed by atoms with Crippen molar-refractivity contribution < 1.29 is 0 Å². The summed E-state index contributed by atoms with van der Waals surface area (Å²) < 4.78 is 2.36. The molecule has 4 N–H and O–H groups in total. The number of guanidine groups is 1. The minimum atomic E-state index is 0.625. The average molecular weight is 294 g/mol. The Bertz CT molecular complexity index is 856. The first-order valence-corrected chi connectivity index (χ1v) is 7.43. The van der Waals surface area contributed by atoms with Gasteiger partial charge in [-0.2, -0.15) is 11.1 Å². The molecule has 1 aliphatic heterocycles. The summed E-state index contributed by atoms with van der Waals surface area (Å²) in [6, 6.07) is 15.1. The first-order valence-electron chi connectivity index (χ1n) is 7.43. The molecule has 0 unspecified atom stereocenters. The van der Waals surface area contributed by atoms with Crippen molar-refractivity contribution in [3.05, 3.63) is 48.0 Å². The van der Waals surface area contributed by atoms with Crippen LogP contribution in [0.2, 0.25) is 0 Å². The zero-order chi connectivity index (χ0) is 14.9. The van der Waals surface area contributed by atoms with E-state index in [-0.39, 0.29) is 0 Å². The van der Waals surface area contributed by atoms with E-state index in [0.717, 1.165) is 6.54 Å². The Morgan fingerprint density at radius 1 is 0.955 bits per heavy atom. The van der Waals surface area contributed by atoms with E-state index in [1.807, 2.05) is 0 Å². The molecule has 6 heteroatoms. The van der Waals surface area contributed by atoms with Gasteiger partial charge in [-0.3, -0.25) is 10.9 Å². The molecule has 3 aromatic rings. The Morgan fingerprint density at radius 2 is 1.73 bits per heavy atom. The summed E-state index contributed by atoms with van der Waals surface area (Å²) in [7, 11) is 0. The third kappa shape index (κ3) is 2.09. The van der Waals surface area contributed by atoms with Gasteiger partial charge < -0.3 is 4.57 Å². The van der Waals surface area contributed by atoms with Crippen molar-refractivity contribution in [3.8, 4) is 0 Å². The lowest BCUT2D eigenvalue weighted by molar-refractivity contribution is 0.556. The molecule has 0 bridgehead atoms. The summed E-state index contributed by atoms with van der Waals surface area (Å²) in [5, 5.41) is 2.59. The van der Waals surface area contributed by atoms with Crippen molar-refractivity contribution in [3.63, 3.8) is 0 Å². The highest BCUT2D eigenvalue weighted by atomic mass is 15.8. The summed E-state index contributed by atoms with van der Waals surface area (Å²) in [4.78, 5) is 4.47. The van der Waals surface area contributed by atoms with E-state index in [1.54, 1.807) is 0 Å². The lowest BCUT2D eigenvalue weighted by Gasteiger charge is -2.03. The van der Waals surface area contributed by atoms with Crippen LogP contribution in [0.15, 0.2) is 47.5 Å². The number of hydrazine groups is 3. The molecule has 0 radical (unpaired) electrons. The van der Waals surface area contributed by atoms with Gasteiger partial charge in [0.1, 0.15) is 0 Å². The first kappa shape index (κ1) is 13.1. The third-order valence-corrected chi connectivity index (χ3v) is 4.00. The first-order chi connectivity index (χ1) is 10.9. The largest absolute Gasteiger partial charge is 0.341 e. The van der Waals surface area contributed by atoms with Gasteiger partial charge in [0.05, 0.1) is 6.54 Å². The summed E-state index contributed by atoms with van der Waals surface area (Å²) in [6.45, 7) is 3.78. The van der Waals surface area contributed by atoms with Crippen molar-refractivity contribution in [2.45, 2.75) is 20.0 Å². The number of nitrogens with zero attached hydrogens (tertiary/aromatic N) is 2. The molecule has 112 valence electrons. The van der Waals surface area contributed by atoms with Crippen LogP contribution in [0.3, 0.4) is 0 Å². The van der Waals surface area contributed by atoms with Crippen molar-refractivity contribution in [1.82, 2.24) is 26.5 Å². The smallest absolute Gasteiger partial charge is 0.223 e. The average Bonchev–Trinajstić information content (AvgIpc) is 3.18. The van der Waals surface area contributed by atoms with Crippen molar-refractivity contribution in [1.29, 1.82) is 0 Å². The van der Waals surface area contributed by atoms with E-state index in [4.69, 9.17) is 0 Å². The number of para-hydroxylation sites is 1. The van der Waals surface area contributed by atoms with Gasteiger partial charge in [0.2, 0.25) is 5.96 Å². The minimum Gasteiger partial charge on any atom is -0.341 e. The molecule has 1 saturated heterocycles. The lowest BCUT2D eigenvalue weighted by atomic mass is 10.1. The van der Waals surface area contributed by atoms with Gasteiger partial charge in [0.15, 0.2) is 0 Å². The Kier molecular flexibility index (Phi) is 3.17. The highest BCUT2D eigenvalue weighted by Crippen LogP contribution is 2.29. The molecule has 0 aliphatic carbocycles. The van der Waals surface area contributed by atoms with Gasteiger partial charge in [-0.1, -0.05) is 24.3 Å². The molecule has 4 rings (SSSR count). The molecule has 1 aliphatic rings. The molecule has 0 atom stereocenters. The normalized spacial score (nSPS) is 14.3. The highest BCUT2D eigenvalue weighted by molar-refractivity contribution is 6.08. The summed E-state index contributed by atoms with van der Waals surface area (Å²) in [5.74, 6) is 0.691. The lowest BCUT2D eigenvalue weighted by Crippen LogP contribution is -2.33. The molecule has 2 heterocycles. The Balaban J connectivity index is 1.79. The van der Waals surface area contributed by atoms with E-state index < -0.39 is 0 Å². The number of rotatable bonds is 3. The number of nitrogens with one attached hydrogen (secondary N) is 4. The molecule has 0 saturated carbocycles. The third-order valence-electron chi connectivity index (χ3n) is 4.00. The maximum Gasteiger partial charge on any atom is 0.223 e. The van der Waals surface area contributed by atoms with Crippen LogP contribution in [0.5, 0.6) is 0 Å². The van der Waals surface area contributed by atoms with Crippen molar-refractivity contribution in [2.24, 2.45) is 4.99 Å². The van der Waals surface area contributed by atoms with E-state index in [9.17, 15) is 0 Å². The fourth-order valence-corrected chi connectivity index (χ4v) is 3.00. The van der Waals surface area contributed by atoms with Gasteiger partial charge in [-0.05, 0) is 30.7 Å². The van der Waals surface area contributed by atoms with Crippen molar-refractivity contribution in [2.75, 3.05) is 0 Å². The molecule has 0 spiro atoms. The van der Waals surface area contributed by atoms with E-state index in [1.165, 1.54) is 27.4 Å². The van der Waals surface area contributed by atoms with Crippen molar-refractivity contribution >= 4 is 27.8 Å². The fourth-order valence-electron chi connectivity index (χ4n) is 3.00. The quantitative estimate of drug-likeness (QED) is 0.595. The van der Waals surface area contributed by atoms with E-state index in [2.05, 4.69) is 80.9 Å². The maximum atomic E-state index is 4.47. The van der Waals surface area contributed by atoms with Crippen LogP contribution in [0.25, 0.3) is 21.8 Å². The topological polar surface area (TPSA) is 65.4 Å². The van der Waals surface area contributed by atoms with Gasteiger partial charge >= 0.3 is 0 Å². The van der Waals surface area contributed by atoms with Gasteiger partial charge in [-0.25, -0.2) is 4.99 Å². The van der Waals surface area contributed by atoms with Gasteiger partial charge in [0.25, 0.3) is 0 Å². The maximum absolute atomic E-state index is 4.47. The molecular weight excluding hydrogens is 276 g/mol. The van der Waals surface area contributed by atoms with Crippen LogP contribution in [0.4, 0.5) is 0 Å². The molecule has 22 heavy (non-hydrogen) atoms. The van der Waals surface area contributed by atoms with Crippen LogP contribution in [-0.4, -0.2) is 10.5 Å². The fraction of sp³-hybridized carbons (Fsp3) is 0.188. The summed E-state index contributed by atoms with van der Waals surface area (Å²) in [6.07, 6.45) is 0. The zero-order valence-corrected chi connectivity index (χ0v) is 12.4. The number of aryl methyl sites for hydroxylation is 1. The van der Waals surface area contributed by atoms with Crippen LogP contribution in [0, 0.1) is 0 Å². The minimum absolute atomic E-state index is 0.625. The number of fused-ring (bicyclic) bond motifs is 3. The Morgan fingerprint density at radius 3 is 2.55 bits per heavy atom. The number of hydrogen-bond donors (Lipinski definition) is 4. The van der Waals surface area contributed by atoms with Crippen LogP contribution < -0.4 is 21.9 Å². The predicted octanol–water partition coefficient (Wildman–Crippen LogP) is 1.79. The molecule has 0 amide bonds. The van der Waals surface area contributed by atoms with E-state index >= 15 is 0 Å².